The number of nitrogens with zero attached hydrogens (tertiary/aromatic N) is 3. The minimum absolute atomic E-state index is 0.0280. The first kappa shape index (κ1) is 15.0. The van der Waals surface area contributed by atoms with Crippen LogP contribution in [0.2, 0.25) is 0 Å². The molecule has 0 aliphatic carbocycles. The van der Waals surface area contributed by atoms with Crippen LogP contribution in [0.3, 0.4) is 0 Å². The molecule has 1 amide bonds. The Morgan fingerprint density at radius 3 is 2.61 bits per heavy atom. The van der Waals surface area contributed by atoms with E-state index in [0.717, 1.165) is 5.56 Å². The number of aromatic nitrogens is 3. The largest absolute Gasteiger partial charge is 0.400 e. The molecule has 0 aliphatic heterocycles. The van der Waals surface area contributed by atoms with E-state index in [9.17, 15) is 4.79 Å². The zero-order chi connectivity index (χ0) is 16.2. The molecule has 2 heterocycles. The summed E-state index contributed by atoms with van der Waals surface area (Å²) in [6.45, 7) is 4.26. The summed E-state index contributed by atoms with van der Waals surface area (Å²) in [4.78, 5) is 12.0. The second-order valence-corrected chi connectivity index (χ2v) is 5.41. The van der Waals surface area contributed by atoms with Gasteiger partial charge in [-0.15, -0.1) is 5.10 Å². The zero-order valence-electron chi connectivity index (χ0n) is 12.8. The molecule has 0 atom stereocenters. The minimum Gasteiger partial charge on any atom is -0.400 e. The van der Waals surface area contributed by atoms with Crippen molar-refractivity contribution in [2.75, 3.05) is 5.32 Å². The fourth-order valence-corrected chi connectivity index (χ4v) is 2.07. The summed E-state index contributed by atoms with van der Waals surface area (Å²) in [6, 6.07) is 9.57. The van der Waals surface area contributed by atoms with Crippen molar-refractivity contribution in [1.29, 1.82) is 0 Å². The Kier molecular flexibility index (Phi) is 4.18. The van der Waals surface area contributed by atoms with E-state index in [1.54, 1.807) is 6.07 Å². The molecule has 118 valence electrons. The number of nitrogens with one attached hydrogen (secondary N) is 1. The van der Waals surface area contributed by atoms with Gasteiger partial charge >= 0.3 is 6.01 Å². The molecule has 0 radical (unpaired) electrons. The maximum atomic E-state index is 12.0. The average Bonchev–Trinajstić information content (AvgIpc) is 3.18. The molecule has 1 aromatic carbocycles. The second-order valence-electron chi connectivity index (χ2n) is 5.41. The maximum absolute atomic E-state index is 12.0. The van der Waals surface area contributed by atoms with Gasteiger partial charge in [0.2, 0.25) is 11.7 Å². The van der Waals surface area contributed by atoms with Crippen LogP contribution in [-0.4, -0.2) is 21.3 Å². The van der Waals surface area contributed by atoms with Crippen LogP contribution < -0.4 is 5.32 Å². The highest BCUT2D eigenvalue weighted by Crippen LogP contribution is 2.19. The van der Waals surface area contributed by atoms with E-state index in [4.69, 9.17) is 8.94 Å². The highest BCUT2D eigenvalue weighted by Gasteiger charge is 2.14. The Balaban J connectivity index is 1.61. The maximum Gasteiger partial charge on any atom is 0.322 e. The Bertz CT molecular complexity index is 776. The number of hydrogen-bond acceptors (Lipinski definition) is 6. The molecule has 0 saturated heterocycles. The van der Waals surface area contributed by atoms with Crippen molar-refractivity contribution in [1.82, 2.24) is 15.4 Å². The molecule has 0 fully saturated rings. The number of benzene rings is 1. The summed E-state index contributed by atoms with van der Waals surface area (Å²) in [5.74, 6) is 0.752. The monoisotopic (exact) mass is 312 g/mol. The number of anilines is 1. The summed E-state index contributed by atoms with van der Waals surface area (Å²) < 4.78 is 10.2. The lowest BCUT2D eigenvalue weighted by molar-refractivity contribution is -0.115. The van der Waals surface area contributed by atoms with Crippen LogP contribution in [0.15, 0.2) is 45.5 Å². The molecule has 0 saturated carbocycles. The minimum atomic E-state index is -0.227. The lowest BCUT2D eigenvalue weighted by atomic mass is 10.0. The highest BCUT2D eigenvalue weighted by atomic mass is 16.5. The van der Waals surface area contributed by atoms with Crippen LogP contribution in [0, 0.1) is 0 Å². The van der Waals surface area contributed by atoms with Gasteiger partial charge in [-0.3, -0.25) is 10.1 Å². The zero-order valence-corrected chi connectivity index (χ0v) is 12.8. The van der Waals surface area contributed by atoms with Gasteiger partial charge in [-0.25, -0.2) is 0 Å². The van der Waals surface area contributed by atoms with E-state index in [-0.39, 0.29) is 24.2 Å². The summed E-state index contributed by atoms with van der Waals surface area (Å²) in [5, 5.41) is 13.7. The van der Waals surface area contributed by atoms with E-state index in [1.807, 2.05) is 24.3 Å². The van der Waals surface area contributed by atoms with Gasteiger partial charge in [0.25, 0.3) is 5.89 Å². The predicted molar refractivity (Wildman–Crippen MR) is 82.7 cm³/mol. The number of carbonyl (C=O) groups excluding carboxylic acids is 1. The Hall–Kier alpha value is -2.96. The van der Waals surface area contributed by atoms with Crippen molar-refractivity contribution in [3.05, 3.63) is 47.7 Å². The fraction of sp³-hybridized carbons (Fsp3) is 0.250. The molecular weight excluding hydrogens is 296 g/mol. The SMILES string of the molecule is CC(C)c1ccc(CC(=O)Nc2nnc(-c3ccno3)o2)cc1. The molecule has 7 heteroatoms. The lowest BCUT2D eigenvalue weighted by Gasteiger charge is -2.06. The first-order chi connectivity index (χ1) is 11.1. The topological polar surface area (TPSA) is 94.1 Å². The third-order valence-electron chi connectivity index (χ3n) is 3.33. The summed E-state index contributed by atoms with van der Waals surface area (Å²) in [5.41, 5.74) is 2.16. The third-order valence-corrected chi connectivity index (χ3v) is 3.33. The molecule has 7 nitrogen and oxygen atoms in total. The van der Waals surface area contributed by atoms with E-state index >= 15 is 0 Å². The van der Waals surface area contributed by atoms with E-state index in [2.05, 4.69) is 34.5 Å². The normalized spacial score (nSPS) is 10.9. The first-order valence-electron chi connectivity index (χ1n) is 7.25. The van der Waals surface area contributed by atoms with Crippen molar-refractivity contribution < 1.29 is 13.7 Å². The van der Waals surface area contributed by atoms with Crippen LogP contribution in [0.5, 0.6) is 0 Å². The molecule has 2 aromatic heterocycles. The van der Waals surface area contributed by atoms with E-state index in [1.165, 1.54) is 11.8 Å². The Morgan fingerprint density at radius 2 is 1.96 bits per heavy atom. The number of rotatable bonds is 5. The van der Waals surface area contributed by atoms with E-state index in [0.29, 0.717) is 11.7 Å². The second kappa shape index (κ2) is 6.43. The van der Waals surface area contributed by atoms with Gasteiger partial charge in [-0.2, -0.15) is 0 Å². The molecule has 23 heavy (non-hydrogen) atoms. The van der Waals surface area contributed by atoms with Gasteiger partial charge in [-0.1, -0.05) is 48.4 Å². The molecule has 0 spiro atoms. The van der Waals surface area contributed by atoms with Gasteiger partial charge < -0.3 is 8.94 Å². The molecule has 0 unspecified atom stereocenters. The molecule has 3 aromatic rings. The predicted octanol–water partition coefficient (Wildman–Crippen LogP) is 3.03. The average molecular weight is 312 g/mol. The Labute approximate surface area is 132 Å². The molecule has 3 rings (SSSR count). The van der Waals surface area contributed by atoms with Gasteiger partial charge in [0, 0.05) is 6.07 Å². The summed E-state index contributed by atoms with van der Waals surface area (Å²) in [7, 11) is 0. The van der Waals surface area contributed by atoms with Gasteiger partial charge in [0.1, 0.15) is 0 Å². The summed E-state index contributed by atoms with van der Waals surface area (Å²) in [6.07, 6.45) is 1.71. The third kappa shape index (κ3) is 3.63. The van der Waals surface area contributed by atoms with Crippen molar-refractivity contribution >= 4 is 11.9 Å². The van der Waals surface area contributed by atoms with Crippen molar-refractivity contribution in [3.8, 4) is 11.7 Å². The fourth-order valence-electron chi connectivity index (χ4n) is 2.07. The smallest absolute Gasteiger partial charge is 0.322 e. The van der Waals surface area contributed by atoms with Gasteiger partial charge in [-0.05, 0) is 17.0 Å². The van der Waals surface area contributed by atoms with Crippen LogP contribution in [0.25, 0.3) is 11.7 Å². The van der Waals surface area contributed by atoms with Gasteiger partial charge in [0.15, 0.2) is 0 Å². The van der Waals surface area contributed by atoms with Crippen molar-refractivity contribution in [2.45, 2.75) is 26.2 Å². The molecule has 1 N–H and O–H groups in total. The van der Waals surface area contributed by atoms with Crippen molar-refractivity contribution in [3.63, 3.8) is 0 Å². The number of amides is 1. The highest BCUT2D eigenvalue weighted by molar-refractivity contribution is 5.90. The molecule has 0 aliphatic rings. The quantitative estimate of drug-likeness (QED) is 0.778. The van der Waals surface area contributed by atoms with Crippen LogP contribution in [0.1, 0.15) is 30.9 Å². The molecule has 0 bridgehead atoms. The van der Waals surface area contributed by atoms with Crippen LogP contribution >= 0.6 is 0 Å². The van der Waals surface area contributed by atoms with E-state index < -0.39 is 0 Å². The van der Waals surface area contributed by atoms with Crippen LogP contribution in [0.4, 0.5) is 6.01 Å². The number of hydrogen-bond donors (Lipinski definition) is 1. The molecular formula is C16H16N4O3. The van der Waals surface area contributed by atoms with Crippen LogP contribution in [-0.2, 0) is 11.2 Å². The first-order valence-corrected chi connectivity index (χ1v) is 7.25. The standard InChI is InChI=1S/C16H16N4O3/c1-10(2)12-5-3-11(4-6-12)9-14(21)18-16-20-19-15(22-16)13-7-8-17-23-13/h3-8,10H,9H2,1-2H3,(H,18,20,21). The summed E-state index contributed by atoms with van der Waals surface area (Å²) >= 11 is 0. The number of carbonyl (C=O) groups is 1. The van der Waals surface area contributed by atoms with Crippen molar-refractivity contribution in [2.24, 2.45) is 0 Å². The lowest BCUT2D eigenvalue weighted by Crippen LogP contribution is -2.14. The van der Waals surface area contributed by atoms with Gasteiger partial charge in [0.05, 0.1) is 12.6 Å². The Morgan fingerprint density at radius 1 is 1.17 bits per heavy atom.